The van der Waals surface area contributed by atoms with Crippen LogP contribution in [0, 0.1) is 6.92 Å². The Morgan fingerprint density at radius 1 is 0.652 bits per heavy atom. The van der Waals surface area contributed by atoms with E-state index in [-0.39, 0.29) is 0 Å². The van der Waals surface area contributed by atoms with Crippen LogP contribution in [0.1, 0.15) is 56.2 Å². The molecule has 0 aliphatic carbocycles. The molecule has 0 unspecified atom stereocenters. The Morgan fingerprint density at radius 3 is 1.96 bits per heavy atom. The predicted octanol–water partition coefficient (Wildman–Crippen LogP) is 7.06. The van der Waals surface area contributed by atoms with Gasteiger partial charge in [-0.25, -0.2) is 0 Å². The zero-order valence-electron chi connectivity index (χ0n) is 14.9. The van der Waals surface area contributed by atoms with Crippen LogP contribution < -0.4 is 0 Å². The van der Waals surface area contributed by atoms with Crippen LogP contribution in [-0.2, 0) is 0 Å². The first-order valence-electron chi connectivity index (χ1n) is 8.61. The lowest BCUT2D eigenvalue weighted by atomic mass is 9.84. The van der Waals surface area contributed by atoms with Crippen molar-refractivity contribution in [3.05, 3.63) is 71.3 Å². The van der Waals surface area contributed by atoms with Crippen LogP contribution in [0.5, 0.6) is 0 Å². The zero-order chi connectivity index (χ0) is 16.6. The fourth-order valence-corrected chi connectivity index (χ4v) is 3.50. The van der Waals surface area contributed by atoms with Crippen LogP contribution in [-0.4, -0.2) is 0 Å². The second-order valence-electron chi connectivity index (χ2n) is 7.13. The average Bonchev–Trinajstić information content (AvgIpc) is 2.54. The topological polar surface area (TPSA) is 0 Å². The number of aryl methyl sites for hydroxylation is 1. The lowest BCUT2D eigenvalue weighted by molar-refractivity contribution is 0.789. The fraction of sp³-hybridized carbons (Fsp3) is 0.304. The van der Waals surface area contributed by atoms with Crippen molar-refractivity contribution in [1.82, 2.24) is 0 Å². The summed E-state index contributed by atoms with van der Waals surface area (Å²) in [5.74, 6) is 1.11. The van der Waals surface area contributed by atoms with Crippen LogP contribution in [0.3, 0.4) is 0 Å². The third-order valence-electron chi connectivity index (χ3n) is 4.75. The minimum Gasteiger partial charge on any atom is -0.0616 e. The van der Waals surface area contributed by atoms with Crippen LogP contribution in [0.15, 0.2) is 54.6 Å². The minimum atomic E-state index is 0.543. The summed E-state index contributed by atoms with van der Waals surface area (Å²) in [7, 11) is 0. The molecule has 3 aromatic carbocycles. The van der Waals surface area contributed by atoms with Crippen LogP contribution in [0.4, 0.5) is 0 Å². The molecular weight excluding hydrogens is 276 g/mol. The lowest BCUT2D eigenvalue weighted by Gasteiger charge is -2.20. The van der Waals surface area contributed by atoms with Crippen molar-refractivity contribution in [2.45, 2.75) is 46.5 Å². The SMILES string of the molecule is Cc1cc(C(C)C)c(C(C)C)cc1-c1cccc2ccccc12. The monoisotopic (exact) mass is 302 g/mol. The summed E-state index contributed by atoms with van der Waals surface area (Å²) >= 11 is 0. The molecule has 0 spiro atoms. The van der Waals surface area contributed by atoms with Crippen LogP contribution in [0.25, 0.3) is 21.9 Å². The quantitative estimate of drug-likeness (QED) is 0.485. The van der Waals surface area contributed by atoms with Gasteiger partial charge < -0.3 is 0 Å². The van der Waals surface area contributed by atoms with Crippen molar-refractivity contribution in [2.24, 2.45) is 0 Å². The van der Waals surface area contributed by atoms with Crippen molar-refractivity contribution in [1.29, 1.82) is 0 Å². The van der Waals surface area contributed by atoms with Gasteiger partial charge in [-0.05, 0) is 57.3 Å². The standard InChI is InChI=1S/C23H26/c1-15(2)21-13-17(5)23(14-22(21)16(3)4)20-12-8-10-18-9-6-7-11-19(18)20/h6-16H,1-5H3. The molecule has 0 aromatic heterocycles. The highest BCUT2D eigenvalue weighted by Crippen LogP contribution is 2.36. The van der Waals surface area contributed by atoms with Gasteiger partial charge in [0.15, 0.2) is 0 Å². The molecule has 0 bridgehead atoms. The maximum Gasteiger partial charge on any atom is -0.0103 e. The Hall–Kier alpha value is -2.08. The Bertz CT molecular complexity index is 833. The van der Waals surface area contributed by atoms with Crippen LogP contribution in [0.2, 0.25) is 0 Å². The van der Waals surface area contributed by atoms with Gasteiger partial charge in [0.25, 0.3) is 0 Å². The van der Waals surface area contributed by atoms with E-state index in [2.05, 4.69) is 89.2 Å². The molecule has 3 aromatic rings. The van der Waals surface area contributed by atoms with Crippen LogP contribution >= 0.6 is 0 Å². The minimum absolute atomic E-state index is 0.543. The van der Waals surface area contributed by atoms with Gasteiger partial charge in [0.2, 0.25) is 0 Å². The van der Waals surface area contributed by atoms with Crippen molar-refractivity contribution >= 4 is 10.8 Å². The Kier molecular flexibility index (Phi) is 4.26. The van der Waals surface area contributed by atoms with Crippen molar-refractivity contribution in [3.63, 3.8) is 0 Å². The Labute approximate surface area is 140 Å². The summed E-state index contributed by atoms with van der Waals surface area (Å²) in [5.41, 5.74) is 7.05. The number of rotatable bonds is 3. The summed E-state index contributed by atoms with van der Waals surface area (Å²) in [4.78, 5) is 0. The molecule has 0 heteroatoms. The van der Waals surface area contributed by atoms with E-state index in [1.54, 1.807) is 0 Å². The van der Waals surface area contributed by atoms with Gasteiger partial charge in [0.1, 0.15) is 0 Å². The first kappa shape index (κ1) is 15.8. The first-order valence-corrected chi connectivity index (χ1v) is 8.61. The maximum atomic E-state index is 2.43. The molecule has 0 saturated carbocycles. The van der Waals surface area contributed by atoms with E-state index in [9.17, 15) is 0 Å². The van der Waals surface area contributed by atoms with E-state index in [1.165, 1.54) is 38.6 Å². The summed E-state index contributed by atoms with van der Waals surface area (Å²) in [5, 5.41) is 2.65. The average molecular weight is 302 g/mol. The predicted molar refractivity (Wildman–Crippen MR) is 102 cm³/mol. The van der Waals surface area contributed by atoms with E-state index in [0.717, 1.165) is 0 Å². The van der Waals surface area contributed by atoms with E-state index < -0.39 is 0 Å². The third-order valence-corrected chi connectivity index (χ3v) is 4.75. The molecule has 3 rings (SSSR count). The molecular formula is C23H26. The zero-order valence-corrected chi connectivity index (χ0v) is 14.9. The van der Waals surface area contributed by atoms with Gasteiger partial charge in [0.05, 0.1) is 0 Å². The molecule has 0 atom stereocenters. The summed E-state index contributed by atoms with van der Waals surface area (Å²) in [6.07, 6.45) is 0. The van der Waals surface area contributed by atoms with Gasteiger partial charge in [-0.15, -0.1) is 0 Å². The third kappa shape index (κ3) is 2.91. The van der Waals surface area contributed by atoms with Gasteiger partial charge in [-0.3, -0.25) is 0 Å². The molecule has 0 saturated heterocycles. The van der Waals surface area contributed by atoms with Gasteiger partial charge in [-0.1, -0.05) is 82.3 Å². The smallest absolute Gasteiger partial charge is 0.0103 e. The molecule has 0 aliphatic heterocycles. The van der Waals surface area contributed by atoms with Crippen molar-refractivity contribution in [3.8, 4) is 11.1 Å². The molecule has 0 heterocycles. The van der Waals surface area contributed by atoms with E-state index in [4.69, 9.17) is 0 Å². The molecule has 0 radical (unpaired) electrons. The summed E-state index contributed by atoms with van der Waals surface area (Å²) in [6, 6.07) is 20.1. The number of fused-ring (bicyclic) bond motifs is 1. The van der Waals surface area contributed by atoms with Gasteiger partial charge in [-0.2, -0.15) is 0 Å². The molecule has 23 heavy (non-hydrogen) atoms. The fourth-order valence-electron chi connectivity index (χ4n) is 3.50. The molecule has 118 valence electrons. The summed E-state index contributed by atoms with van der Waals surface area (Å²) in [6.45, 7) is 11.4. The molecule has 0 nitrogen and oxygen atoms in total. The van der Waals surface area contributed by atoms with E-state index in [0.29, 0.717) is 11.8 Å². The highest BCUT2D eigenvalue weighted by molar-refractivity contribution is 5.97. The molecule has 0 aliphatic rings. The van der Waals surface area contributed by atoms with Gasteiger partial charge >= 0.3 is 0 Å². The Balaban J connectivity index is 2.29. The Morgan fingerprint density at radius 2 is 1.26 bits per heavy atom. The van der Waals surface area contributed by atoms with Gasteiger partial charge in [0, 0.05) is 0 Å². The maximum absolute atomic E-state index is 2.43. The van der Waals surface area contributed by atoms with E-state index in [1.807, 2.05) is 0 Å². The molecule has 0 N–H and O–H groups in total. The number of benzene rings is 3. The van der Waals surface area contributed by atoms with E-state index >= 15 is 0 Å². The highest BCUT2D eigenvalue weighted by Gasteiger charge is 2.15. The number of hydrogen-bond acceptors (Lipinski definition) is 0. The second-order valence-corrected chi connectivity index (χ2v) is 7.13. The molecule has 0 fully saturated rings. The van der Waals surface area contributed by atoms with Crippen molar-refractivity contribution < 1.29 is 0 Å². The lowest BCUT2D eigenvalue weighted by Crippen LogP contribution is -2.01. The molecule has 0 amide bonds. The number of hydrogen-bond donors (Lipinski definition) is 0. The second kappa shape index (κ2) is 6.20. The highest BCUT2D eigenvalue weighted by atomic mass is 14.2. The van der Waals surface area contributed by atoms with Crippen molar-refractivity contribution in [2.75, 3.05) is 0 Å². The normalized spacial score (nSPS) is 11.6. The summed E-state index contributed by atoms with van der Waals surface area (Å²) < 4.78 is 0. The first-order chi connectivity index (χ1) is 11.0. The largest absolute Gasteiger partial charge is 0.0616 e.